The summed E-state index contributed by atoms with van der Waals surface area (Å²) in [6.45, 7) is 6.53. The molecule has 0 bridgehead atoms. The molecule has 1 aromatic carbocycles. The molecule has 8 heteroatoms. The predicted octanol–water partition coefficient (Wildman–Crippen LogP) is 1.83. The Morgan fingerprint density at radius 1 is 1.11 bits per heavy atom. The minimum atomic E-state index is -0.568. The Balaban J connectivity index is 1.80. The summed E-state index contributed by atoms with van der Waals surface area (Å²) < 4.78 is 1.76. The van der Waals surface area contributed by atoms with Crippen molar-refractivity contribution < 1.29 is 9.59 Å². The molecule has 0 N–H and O–H groups in total. The molecular weight excluding hydrogens is 356 g/mol. The Bertz CT molecular complexity index is 951. The molecule has 146 valence electrons. The normalized spacial score (nSPS) is 22.0. The quantitative estimate of drug-likeness (QED) is 0.814. The molecular formula is C20H24N6O2. The van der Waals surface area contributed by atoms with Gasteiger partial charge < -0.3 is 9.80 Å². The maximum atomic E-state index is 13.2. The van der Waals surface area contributed by atoms with Crippen LogP contribution in [0.5, 0.6) is 0 Å². The summed E-state index contributed by atoms with van der Waals surface area (Å²) in [5.74, 6) is 0.377. The molecule has 28 heavy (non-hydrogen) atoms. The van der Waals surface area contributed by atoms with Gasteiger partial charge in [0.2, 0.25) is 5.96 Å². The molecule has 2 atom stereocenters. The molecule has 0 saturated carbocycles. The Labute approximate surface area is 164 Å². The van der Waals surface area contributed by atoms with Gasteiger partial charge in [0, 0.05) is 25.8 Å². The highest BCUT2D eigenvalue weighted by Gasteiger charge is 2.52. The number of carbonyl (C=O) groups excluding carboxylic acids is 2. The second-order valence-corrected chi connectivity index (χ2v) is 7.22. The van der Waals surface area contributed by atoms with Crippen molar-refractivity contribution in [3.05, 3.63) is 53.3 Å². The number of imide groups is 1. The van der Waals surface area contributed by atoms with Crippen LogP contribution in [-0.2, 0) is 11.3 Å². The van der Waals surface area contributed by atoms with Crippen molar-refractivity contribution in [2.45, 2.75) is 39.5 Å². The zero-order valence-corrected chi connectivity index (χ0v) is 16.5. The van der Waals surface area contributed by atoms with Gasteiger partial charge in [-0.3, -0.25) is 9.69 Å². The maximum Gasteiger partial charge on any atom is 0.328 e. The van der Waals surface area contributed by atoms with Crippen molar-refractivity contribution >= 4 is 17.9 Å². The number of amides is 3. The number of hydrogen-bond donors (Lipinski definition) is 0. The SMILES string of the molecule is CCN1C(=O)C2C(N=C(n3nc(C)cc3C)N2Cc2ccccc2)N(C)C1=O. The molecule has 0 radical (unpaired) electrons. The first-order valence-corrected chi connectivity index (χ1v) is 9.42. The van der Waals surface area contributed by atoms with Crippen LogP contribution in [0.2, 0.25) is 0 Å². The first kappa shape index (κ1) is 18.2. The summed E-state index contributed by atoms with van der Waals surface area (Å²) in [5, 5.41) is 4.57. The number of aliphatic imine (C=N–C) groups is 1. The van der Waals surface area contributed by atoms with Crippen LogP contribution in [0, 0.1) is 13.8 Å². The summed E-state index contributed by atoms with van der Waals surface area (Å²) in [5.41, 5.74) is 2.87. The third-order valence-corrected chi connectivity index (χ3v) is 5.28. The number of aromatic nitrogens is 2. The van der Waals surface area contributed by atoms with E-state index in [1.165, 1.54) is 4.90 Å². The van der Waals surface area contributed by atoms with Crippen LogP contribution >= 0.6 is 0 Å². The highest BCUT2D eigenvalue weighted by atomic mass is 16.2. The van der Waals surface area contributed by atoms with Crippen molar-refractivity contribution in [2.24, 2.45) is 4.99 Å². The van der Waals surface area contributed by atoms with Gasteiger partial charge in [0.15, 0.2) is 12.2 Å². The van der Waals surface area contributed by atoms with Gasteiger partial charge in [0.25, 0.3) is 5.91 Å². The minimum absolute atomic E-state index is 0.216. The van der Waals surface area contributed by atoms with E-state index in [0.29, 0.717) is 19.0 Å². The van der Waals surface area contributed by atoms with Crippen LogP contribution in [0.3, 0.4) is 0 Å². The van der Waals surface area contributed by atoms with Gasteiger partial charge in [-0.25, -0.2) is 14.5 Å². The lowest BCUT2D eigenvalue weighted by Gasteiger charge is -2.41. The number of aryl methyl sites for hydroxylation is 2. The fourth-order valence-corrected chi connectivity index (χ4v) is 3.91. The number of nitrogens with zero attached hydrogens (tertiary/aromatic N) is 6. The molecule has 2 aromatic rings. The van der Waals surface area contributed by atoms with Crippen molar-refractivity contribution in [1.82, 2.24) is 24.5 Å². The number of urea groups is 1. The van der Waals surface area contributed by atoms with Crippen LogP contribution in [0.1, 0.15) is 23.9 Å². The standard InChI is InChI=1S/C20H24N6O2/c1-5-24-18(27)16-17(23(4)20(24)28)21-19(26-14(3)11-13(2)22-26)25(16)12-15-9-7-6-8-10-15/h6-11,16-17H,5,12H2,1-4H3. The largest absolute Gasteiger partial charge is 0.328 e. The molecule has 2 unspecified atom stereocenters. The number of rotatable bonds is 3. The molecule has 0 spiro atoms. The zero-order chi connectivity index (χ0) is 20.0. The summed E-state index contributed by atoms with van der Waals surface area (Å²) in [6, 6.07) is 11.0. The molecule has 1 aromatic heterocycles. The third-order valence-electron chi connectivity index (χ3n) is 5.28. The fourth-order valence-electron chi connectivity index (χ4n) is 3.91. The van der Waals surface area contributed by atoms with E-state index < -0.39 is 12.2 Å². The number of hydrogen-bond acceptors (Lipinski definition) is 5. The maximum absolute atomic E-state index is 13.2. The molecule has 0 aliphatic carbocycles. The van der Waals surface area contributed by atoms with Crippen molar-refractivity contribution in [3.8, 4) is 0 Å². The average molecular weight is 380 g/mol. The number of fused-ring (bicyclic) bond motifs is 1. The zero-order valence-electron chi connectivity index (χ0n) is 16.5. The van der Waals surface area contributed by atoms with Gasteiger partial charge in [-0.1, -0.05) is 30.3 Å². The molecule has 2 aliphatic heterocycles. The Hall–Kier alpha value is -3.16. The van der Waals surface area contributed by atoms with Gasteiger partial charge in [0.05, 0.1) is 5.69 Å². The van der Waals surface area contributed by atoms with E-state index in [1.807, 2.05) is 62.1 Å². The van der Waals surface area contributed by atoms with Crippen molar-refractivity contribution in [1.29, 1.82) is 0 Å². The van der Waals surface area contributed by atoms with Gasteiger partial charge in [-0.15, -0.1) is 0 Å². The first-order chi connectivity index (χ1) is 13.4. The van der Waals surface area contributed by atoms with Crippen LogP contribution in [0.15, 0.2) is 41.4 Å². The molecule has 1 fully saturated rings. The number of benzene rings is 1. The Morgan fingerprint density at radius 3 is 2.43 bits per heavy atom. The lowest BCUT2D eigenvalue weighted by Crippen LogP contribution is -2.64. The van der Waals surface area contributed by atoms with E-state index in [9.17, 15) is 9.59 Å². The Morgan fingerprint density at radius 2 is 1.82 bits per heavy atom. The fraction of sp³-hybridized carbons (Fsp3) is 0.400. The highest BCUT2D eigenvalue weighted by Crippen LogP contribution is 2.30. The summed E-state index contributed by atoms with van der Waals surface area (Å²) in [6.07, 6.45) is -0.564. The van der Waals surface area contributed by atoms with Gasteiger partial charge in [-0.2, -0.15) is 5.10 Å². The molecule has 3 heterocycles. The molecule has 8 nitrogen and oxygen atoms in total. The smallest absolute Gasteiger partial charge is 0.321 e. The summed E-state index contributed by atoms with van der Waals surface area (Å²) >= 11 is 0. The lowest BCUT2D eigenvalue weighted by molar-refractivity contribution is -0.137. The number of likely N-dealkylation sites (N-methyl/N-ethyl adjacent to an activating group) is 2. The second kappa shape index (κ2) is 6.78. The Kier molecular flexibility index (Phi) is 4.41. The van der Waals surface area contributed by atoms with E-state index in [-0.39, 0.29) is 11.9 Å². The van der Waals surface area contributed by atoms with Crippen LogP contribution < -0.4 is 0 Å². The van der Waals surface area contributed by atoms with E-state index in [1.54, 1.807) is 16.6 Å². The highest BCUT2D eigenvalue weighted by molar-refractivity contribution is 6.04. The van der Waals surface area contributed by atoms with E-state index in [0.717, 1.165) is 17.0 Å². The van der Waals surface area contributed by atoms with Crippen LogP contribution in [0.4, 0.5) is 4.79 Å². The van der Waals surface area contributed by atoms with E-state index in [4.69, 9.17) is 4.99 Å². The molecule has 4 rings (SSSR count). The van der Waals surface area contributed by atoms with Crippen LogP contribution in [0.25, 0.3) is 0 Å². The molecule has 1 saturated heterocycles. The average Bonchev–Trinajstić information content (AvgIpc) is 3.21. The van der Waals surface area contributed by atoms with Gasteiger partial charge >= 0.3 is 6.03 Å². The van der Waals surface area contributed by atoms with E-state index in [2.05, 4.69) is 5.10 Å². The van der Waals surface area contributed by atoms with Crippen molar-refractivity contribution in [3.63, 3.8) is 0 Å². The van der Waals surface area contributed by atoms with Gasteiger partial charge in [0.1, 0.15) is 0 Å². The van der Waals surface area contributed by atoms with Crippen LogP contribution in [-0.4, -0.2) is 68.2 Å². The second-order valence-electron chi connectivity index (χ2n) is 7.22. The number of carbonyl (C=O) groups is 2. The van der Waals surface area contributed by atoms with E-state index >= 15 is 0 Å². The summed E-state index contributed by atoms with van der Waals surface area (Å²) in [7, 11) is 1.70. The summed E-state index contributed by atoms with van der Waals surface area (Å²) in [4.78, 5) is 35.4. The molecule has 3 amide bonds. The van der Waals surface area contributed by atoms with Crippen molar-refractivity contribution in [2.75, 3.05) is 13.6 Å². The molecule has 2 aliphatic rings. The topological polar surface area (TPSA) is 74.0 Å². The lowest BCUT2D eigenvalue weighted by atomic mass is 10.1. The predicted molar refractivity (Wildman–Crippen MR) is 105 cm³/mol. The minimum Gasteiger partial charge on any atom is -0.321 e. The first-order valence-electron chi connectivity index (χ1n) is 9.42. The van der Waals surface area contributed by atoms with Gasteiger partial charge in [-0.05, 0) is 32.4 Å². The third kappa shape index (κ3) is 2.76. The monoisotopic (exact) mass is 380 g/mol.